The first-order valence-electron chi connectivity index (χ1n) is 12.1. The van der Waals surface area contributed by atoms with Crippen LogP contribution in [0.3, 0.4) is 0 Å². The molecule has 9 nitrogen and oxygen atoms in total. The molecule has 0 radical (unpaired) electrons. The van der Waals surface area contributed by atoms with Gasteiger partial charge in [-0.3, -0.25) is 19.7 Å². The highest BCUT2D eigenvalue weighted by molar-refractivity contribution is 5.99. The molecular weight excluding hydrogens is 488 g/mol. The number of hydrogen-bond donors (Lipinski definition) is 0. The Labute approximate surface area is 218 Å². The first kappa shape index (κ1) is 25.0. The van der Waals surface area contributed by atoms with E-state index in [4.69, 9.17) is 13.9 Å². The van der Waals surface area contributed by atoms with Gasteiger partial charge in [0, 0.05) is 18.7 Å². The van der Waals surface area contributed by atoms with Crippen LogP contribution in [0.5, 0.6) is 11.5 Å². The molecule has 1 aliphatic rings. The summed E-state index contributed by atoms with van der Waals surface area (Å²) in [6.45, 7) is 4.10. The van der Waals surface area contributed by atoms with E-state index in [9.17, 15) is 19.7 Å². The smallest absolute Gasteiger partial charge is 0.290 e. The van der Waals surface area contributed by atoms with Crippen LogP contribution >= 0.6 is 0 Å². The number of rotatable bonds is 7. The molecule has 0 bridgehead atoms. The molecule has 38 heavy (non-hydrogen) atoms. The molecule has 0 aliphatic carbocycles. The number of methoxy groups -OCH3 is 2. The number of aryl methyl sites for hydroxylation is 2. The van der Waals surface area contributed by atoms with Gasteiger partial charge in [0.05, 0.1) is 36.1 Å². The second-order valence-corrected chi connectivity index (χ2v) is 9.30. The van der Waals surface area contributed by atoms with E-state index in [0.29, 0.717) is 34.5 Å². The summed E-state index contributed by atoms with van der Waals surface area (Å²) in [6, 6.07) is 14.2. The minimum atomic E-state index is -0.749. The van der Waals surface area contributed by atoms with Crippen LogP contribution in [0.4, 0.5) is 5.69 Å². The molecule has 0 saturated heterocycles. The third-order valence-electron chi connectivity index (χ3n) is 7.09. The molecule has 1 aromatic heterocycles. The molecule has 5 rings (SSSR count). The fourth-order valence-corrected chi connectivity index (χ4v) is 4.92. The van der Waals surface area contributed by atoms with Gasteiger partial charge in [0.2, 0.25) is 5.76 Å². The lowest BCUT2D eigenvalue weighted by Gasteiger charge is -2.25. The number of nitro groups is 1. The lowest BCUT2D eigenvalue weighted by Crippen LogP contribution is -2.31. The average molecular weight is 515 g/mol. The van der Waals surface area contributed by atoms with E-state index in [1.165, 1.54) is 12.1 Å². The van der Waals surface area contributed by atoms with Crippen molar-refractivity contribution in [3.63, 3.8) is 0 Å². The molecule has 1 unspecified atom stereocenters. The summed E-state index contributed by atoms with van der Waals surface area (Å²) < 4.78 is 16.8. The first-order valence-corrected chi connectivity index (χ1v) is 12.1. The molecule has 1 aliphatic heterocycles. The number of hydrogen-bond acceptors (Lipinski definition) is 7. The normalized spacial score (nSPS) is 14.6. The molecule has 2 heterocycles. The zero-order chi connectivity index (χ0) is 27.1. The Hall–Kier alpha value is -4.66. The highest BCUT2D eigenvalue weighted by atomic mass is 16.6. The minimum Gasteiger partial charge on any atom is -0.493 e. The topological polar surface area (TPSA) is 112 Å². The summed E-state index contributed by atoms with van der Waals surface area (Å²) >= 11 is 0. The van der Waals surface area contributed by atoms with Gasteiger partial charge in [-0.15, -0.1) is 0 Å². The number of non-ortho nitro benzene ring substituents is 1. The molecule has 0 N–H and O–H groups in total. The third kappa shape index (κ3) is 4.15. The van der Waals surface area contributed by atoms with Crippen LogP contribution in [0.25, 0.3) is 11.0 Å². The van der Waals surface area contributed by atoms with Gasteiger partial charge >= 0.3 is 0 Å². The van der Waals surface area contributed by atoms with Crippen LogP contribution in [0.2, 0.25) is 0 Å². The molecule has 1 atom stereocenters. The van der Waals surface area contributed by atoms with E-state index in [1.54, 1.807) is 49.5 Å². The Balaban J connectivity index is 1.61. The molecule has 0 saturated carbocycles. The summed E-state index contributed by atoms with van der Waals surface area (Å²) in [7, 11) is 3.11. The maximum absolute atomic E-state index is 13.8. The van der Waals surface area contributed by atoms with E-state index in [2.05, 4.69) is 0 Å². The van der Waals surface area contributed by atoms with Crippen molar-refractivity contribution in [1.29, 1.82) is 0 Å². The first-order chi connectivity index (χ1) is 18.2. The third-order valence-corrected chi connectivity index (χ3v) is 7.09. The van der Waals surface area contributed by atoms with Crippen molar-refractivity contribution in [2.45, 2.75) is 26.3 Å². The molecule has 1 amide bonds. The van der Waals surface area contributed by atoms with E-state index >= 15 is 0 Å². The standard InChI is InChI=1S/C29H26N2O7/c1-16-13-21-23(14-17(16)2)38-28-25(27(21)32)26(19-6-8-20(9-7-19)31(34)35)30(29(28)33)12-11-18-5-10-22(36-3)24(15-18)37-4/h5-10,13-15,26H,11-12H2,1-4H3. The van der Waals surface area contributed by atoms with Crippen LogP contribution in [-0.4, -0.2) is 36.5 Å². The molecule has 0 spiro atoms. The van der Waals surface area contributed by atoms with Gasteiger partial charge in [-0.25, -0.2) is 0 Å². The molecule has 0 fully saturated rings. The number of carbonyl (C=O) groups is 1. The number of nitrogens with zero attached hydrogens (tertiary/aromatic N) is 2. The monoisotopic (exact) mass is 514 g/mol. The lowest BCUT2D eigenvalue weighted by molar-refractivity contribution is -0.384. The van der Waals surface area contributed by atoms with Crippen molar-refractivity contribution in [3.05, 3.63) is 109 Å². The van der Waals surface area contributed by atoms with E-state index in [-0.39, 0.29) is 29.0 Å². The maximum Gasteiger partial charge on any atom is 0.290 e. The number of fused-ring (bicyclic) bond motifs is 2. The van der Waals surface area contributed by atoms with E-state index in [1.807, 2.05) is 26.0 Å². The maximum atomic E-state index is 13.8. The van der Waals surface area contributed by atoms with Gasteiger partial charge in [-0.05, 0) is 78.9 Å². The zero-order valence-corrected chi connectivity index (χ0v) is 21.4. The molecule has 3 aromatic carbocycles. The zero-order valence-electron chi connectivity index (χ0n) is 21.4. The number of nitro benzene ring substituents is 1. The second kappa shape index (κ2) is 9.66. The van der Waals surface area contributed by atoms with Crippen LogP contribution in [0, 0.1) is 24.0 Å². The van der Waals surface area contributed by atoms with Crippen molar-refractivity contribution < 1.29 is 23.6 Å². The van der Waals surface area contributed by atoms with Crippen LogP contribution < -0.4 is 14.9 Å². The van der Waals surface area contributed by atoms with Crippen molar-refractivity contribution in [1.82, 2.24) is 4.90 Å². The number of carbonyl (C=O) groups excluding carboxylic acids is 1. The predicted octanol–water partition coefficient (Wildman–Crippen LogP) is 5.12. The molecule has 4 aromatic rings. The second-order valence-electron chi connectivity index (χ2n) is 9.30. The summed E-state index contributed by atoms with van der Waals surface area (Å²) in [4.78, 5) is 39.8. The molecule has 194 valence electrons. The van der Waals surface area contributed by atoms with Crippen molar-refractivity contribution in [2.24, 2.45) is 0 Å². The van der Waals surface area contributed by atoms with Gasteiger partial charge in [0.15, 0.2) is 16.9 Å². The Morgan fingerprint density at radius 1 is 0.947 bits per heavy atom. The fraction of sp³-hybridized carbons (Fsp3) is 0.241. The van der Waals surface area contributed by atoms with Crippen molar-refractivity contribution >= 4 is 22.6 Å². The number of benzene rings is 3. The van der Waals surface area contributed by atoms with Crippen molar-refractivity contribution in [2.75, 3.05) is 20.8 Å². The van der Waals surface area contributed by atoms with E-state index in [0.717, 1.165) is 16.7 Å². The predicted molar refractivity (Wildman–Crippen MR) is 141 cm³/mol. The summed E-state index contributed by atoms with van der Waals surface area (Å²) in [5, 5.41) is 11.6. The van der Waals surface area contributed by atoms with E-state index < -0.39 is 16.9 Å². The van der Waals surface area contributed by atoms with Crippen LogP contribution in [0.1, 0.15) is 44.4 Å². The molecule has 9 heteroatoms. The quantitative estimate of drug-likeness (QED) is 0.248. The summed E-state index contributed by atoms with van der Waals surface area (Å²) in [5.41, 5.74) is 3.62. The number of amides is 1. The fourth-order valence-electron chi connectivity index (χ4n) is 4.92. The highest BCUT2D eigenvalue weighted by Crippen LogP contribution is 2.39. The van der Waals surface area contributed by atoms with Crippen LogP contribution in [0.15, 0.2) is 63.8 Å². The Kier molecular flexibility index (Phi) is 6.36. The van der Waals surface area contributed by atoms with Crippen molar-refractivity contribution in [3.8, 4) is 11.5 Å². The summed E-state index contributed by atoms with van der Waals surface area (Å²) in [5.74, 6) is 0.765. The molecular formula is C29H26N2O7. The average Bonchev–Trinajstić information content (AvgIpc) is 3.19. The highest BCUT2D eigenvalue weighted by Gasteiger charge is 2.42. The largest absolute Gasteiger partial charge is 0.493 e. The van der Waals surface area contributed by atoms with Gasteiger partial charge in [0.1, 0.15) is 5.58 Å². The van der Waals surface area contributed by atoms with Gasteiger partial charge in [0.25, 0.3) is 11.6 Å². The van der Waals surface area contributed by atoms with Gasteiger partial charge in [-0.1, -0.05) is 6.07 Å². The number of ether oxygens (including phenoxy) is 2. The SMILES string of the molecule is COc1ccc(CCN2C(=O)c3oc4cc(C)c(C)cc4c(=O)c3C2c2ccc([N+](=O)[O-])cc2)cc1OC. The summed E-state index contributed by atoms with van der Waals surface area (Å²) in [6.07, 6.45) is 0.468. The van der Waals surface area contributed by atoms with Gasteiger partial charge in [-0.2, -0.15) is 0 Å². The lowest BCUT2D eigenvalue weighted by atomic mass is 9.97. The minimum absolute atomic E-state index is 0.00131. The Morgan fingerprint density at radius 2 is 1.63 bits per heavy atom. The van der Waals surface area contributed by atoms with Crippen LogP contribution in [-0.2, 0) is 6.42 Å². The van der Waals surface area contributed by atoms with Gasteiger partial charge < -0.3 is 18.8 Å². The Morgan fingerprint density at radius 3 is 2.29 bits per heavy atom. The Bertz CT molecular complexity index is 1640.